The van der Waals surface area contributed by atoms with E-state index in [0.717, 1.165) is 16.3 Å². The van der Waals surface area contributed by atoms with Crippen molar-refractivity contribution in [2.75, 3.05) is 25.2 Å². The molecule has 1 N–H and O–H groups in total. The number of thiophene rings is 1. The Bertz CT molecular complexity index is 850. The average Bonchev–Trinajstić information content (AvgIpc) is 3.38. The molecular weight excluding hydrogens is 392 g/mol. The van der Waals surface area contributed by atoms with Crippen LogP contribution >= 0.6 is 11.3 Å². The standard InChI is InChI=1S/C21H24N2O5S/c1-3-28-16-8-6-15(7-9-16)23-13-14(11-19(23)24)21(26)22-17(12-20(25)27-2)18-5-4-10-29-18/h4-10,14,17H,3,11-13H2,1-2H3,(H,22,26). The van der Waals surface area contributed by atoms with Crippen molar-refractivity contribution in [3.63, 3.8) is 0 Å². The highest BCUT2D eigenvalue weighted by molar-refractivity contribution is 7.10. The Kier molecular flexibility index (Phi) is 6.87. The summed E-state index contributed by atoms with van der Waals surface area (Å²) < 4.78 is 10.2. The maximum absolute atomic E-state index is 12.8. The van der Waals surface area contributed by atoms with Gasteiger partial charge in [0.15, 0.2) is 0 Å². The van der Waals surface area contributed by atoms with Gasteiger partial charge in [0, 0.05) is 23.5 Å². The first-order valence-corrected chi connectivity index (χ1v) is 10.3. The van der Waals surface area contributed by atoms with Crippen molar-refractivity contribution in [3.8, 4) is 5.75 Å². The van der Waals surface area contributed by atoms with Gasteiger partial charge in [0.2, 0.25) is 11.8 Å². The molecule has 1 fully saturated rings. The summed E-state index contributed by atoms with van der Waals surface area (Å²) in [6.07, 6.45) is 0.181. The van der Waals surface area contributed by atoms with E-state index in [2.05, 4.69) is 5.32 Å². The van der Waals surface area contributed by atoms with Crippen molar-refractivity contribution in [1.82, 2.24) is 5.32 Å². The van der Waals surface area contributed by atoms with Gasteiger partial charge in [-0.3, -0.25) is 14.4 Å². The van der Waals surface area contributed by atoms with Gasteiger partial charge in [0.05, 0.1) is 32.1 Å². The third-order valence-electron chi connectivity index (χ3n) is 4.76. The summed E-state index contributed by atoms with van der Waals surface area (Å²) in [5, 5.41) is 4.80. The molecule has 1 aromatic heterocycles. The van der Waals surface area contributed by atoms with Crippen LogP contribution in [0.3, 0.4) is 0 Å². The molecule has 7 nitrogen and oxygen atoms in total. The normalized spacial score (nSPS) is 17.1. The molecule has 2 heterocycles. The van der Waals surface area contributed by atoms with Crippen molar-refractivity contribution in [2.24, 2.45) is 5.92 Å². The van der Waals surface area contributed by atoms with Crippen LogP contribution in [0.15, 0.2) is 41.8 Å². The molecule has 2 atom stereocenters. The fraction of sp³-hybridized carbons (Fsp3) is 0.381. The smallest absolute Gasteiger partial charge is 0.307 e. The molecule has 0 spiro atoms. The number of nitrogens with zero attached hydrogens (tertiary/aromatic N) is 1. The highest BCUT2D eigenvalue weighted by Gasteiger charge is 2.36. The highest BCUT2D eigenvalue weighted by atomic mass is 32.1. The van der Waals surface area contributed by atoms with E-state index in [1.54, 1.807) is 4.90 Å². The van der Waals surface area contributed by atoms with Crippen LogP contribution in [-0.4, -0.2) is 38.0 Å². The lowest BCUT2D eigenvalue weighted by Crippen LogP contribution is -2.36. The van der Waals surface area contributed by atoms with Gasteiger partial charge >= 0.3 is 5.97 Å². The minimum atomic E-state index is -0.478. The molecular formula is C21H24N2O5S. The molecule has 1 aliphatic rings. The van der Waals surface area contributed by atoms with E-state index in [9.17, 15) is 14.4 Å². The van der Waals surface area contributed by atoms with E-state index in [1.807, 2.05) is 48.7 Å². The molecule has 1 saturated heterocycles. The number of hydrogen-bond donors (Lipinski definition) is 1. The van der Waals surface area contributed by atoms with Gasteiger partial charge in [0.1, 0.15) is 5.75 Å². The molecule has 0 radical (unpaired) electrons. The van der Waals surface area contributed by atoms with Crippen LogP contribution in [0.2, 0.25) is 0 Å². The molecule has 3 rings (SSSR count). The predicted octanol–water partition coefficient (Wildman–Crippen LogP) is 2.92. The summed E-state index contributed by atoms with van der Waals surface area (Å²) in [5.41, 5.74) is 0.734. The van der Waals surface area contributed by atoms with Crippen LogP contribution in [0.25, 0.3) is 0 Å². The molecule has 154 valence electrons. The third kappa shape index (κ3) is 5.14. The fourth-order valence-electron chi connectivity index (χ4n) is 3.27. The van der Waals surface area contributed by atoms with Crippen LogP contribution in [0.5, 0.6) is 5.75 Å². The molecule has 8 heteroatoms. The van der Waals surface area contributed by atoms with E-state index in [4.69, 9.17) is 9.47 Å². The molecule has 2 unspecified atom stereocenters. The van der Waals surface area contributed by atoms with Crippen LogP contribution in [-0.2, 0) is 19.1 Å². The lowest BCUT2D eigenvalue weighted by molar-refractivity contribution is -0.141. The number of nitrogens with one attached hydrogen (secondary N) is 1. The van der Waals surface area contributed by atoms with Crippen molar-refractivity contribution < 1.29 is 23.9 Å². The van der Waals surface area contributed by atoms with E-state index in [-0.39, 0.29) is 24.7 Å². The number of carbonyl (C=O) groups is 3. The zero-order valence-electron chi connectivity index (χ0n) is 16.4. The van der Waals surface area contributed by atoms with Gasteiger partial charge in [-0.25, -0.2) is 0 Å². The van der Waals surface area contributed by atoms with E-state index in [0.29, 0.717) is 13.2 Å². The van der Waals surface area contributed by atoms with Crippen molar-refractivity contribution >= 4 is 34.8 Å². The molecule has 2 aromatic rings. The largest absolute Gasteiger partial charge is 0.494 e. The number of esters is 1. The maximum Gasteiger partial charge on any atom is 0.307 e. The number of hydrogen-bond acceptors (Lipinski definition) is 6. The fourth-order valence-corrected chi connectivity index (χ4v) is 4.05. The monoisotopic (exact) mass is 416 g/mol. The number of amides is 2. The molecule has 2 amide bonds. The number of rotatable bonds is 8. The minimum Gasteiger partial charge on any atom is -0.494 e. The molecule has 0 aliphatic carbocycles. The Balaban J connectivity index is 1.66. The number of ether oxygens (including phenoxy) is 2. The number of benzene rings is 1. The van der Waals surface area contributed by atoms with Crippen LogP contribution in [0.4, 0.5) is 5.69 Å². The van der Waals surface area contributed by atoms with E-state index < -0.39 is 17.9 Å². The maximum atomic E-state index is 12.8. The van der Waals surface area contributed by atoms with Gasteiger partial charge in [0.25, 0.3) is 0 Å². The summed E-state index contributed by atoms with van der Waals surface area (Å²) in [7, 11) is 1.32. The van der Waals surface area contributed by atoms with Crippen molar-refractivity contribution in [1.29, 1.82) is 0 Å². The number of carbonyl (C=O) groups excluding carboxylic acids is 3. The lowest BCUT2D eigenvalue weighted by atomic mass is 10.1. The summed E-state index contributed by atoms with van der Waals surface area (Å²) in [4.78, 5) is 39.5. The highest BCUT2D eigenvalue weighted by Crippen LogP contribution is 2.28. The van der Waals surface area contributed by atoms with Crippen molar-refractivity contribution in [2.45, 2.75) is 25.8 Å². The summed E-state index contributed by atoms with van der Waals surface area (Å²) in [6.45, 7) is 2.78. The Labute approximate surface area is 173 Å². The Morgan fingerprint density at radius 3 is 2.66 bits per heavy atom. The summed E-state index contributed by atoms with van der Waals surface area (Å²) in [6, 6.07) is 10.5. The Morgan fingerprint density at radius 2 is 2.03 bits per heavy atom. The zero-order valence-corrected chi connectivity index (χ0v) is 17.2. The lowest BCUT2D eigenvalue weighted by Gasteiger charge is -2.20. The number of anilines is 1. The molecule has 29 heavy (non-hydrogen) atoms. The van der Waals surface area contributed by atoms with Gasteiger partial charge in [-0.15, -0.1) is 11.3 Å². The zero-order chi connectivity index (χ0) is 20.8. The van der Waals surface area contributed by atoms with Crippen LogP contribution < -0.4 is 15.0 Å². The average molecular weight is 416 g/mol. The second-order valence-electron chi connectivity index (χ2n) is 6.69. The van der Waals surface area contributed by atoms with Gasteiger partial charge in [-0.1, -0.05) is 6.07 Å². The van der Waals surface area contributed by atoms with Crippen molar-refractivity contribution in [3.05, 3.63) is 46.7 Å². The summed E-state index contributed by atoms with van der Waals surface area (Å²) >= 11 is 1.46. The molecule has 1 aliphatic heterocycles. The molecule has 1 aromatic carbocycles. The van der Waals surface area contributed by atoms with Gasteiger partial charge in [-0.2, -0.15) is 0 Å². The van der Waals surface area contributed by atoms with Gasteiger partial charge in [-0.05, 0) is 42.6 Å². The van der Waals surface area contributed by atoms with E-state index >= 15 is 0 Å². The Morgan fingerprint density at radius 1 is 1.28 bits per heavy atom. The summed E-state index contributed by atoms with van der Waals surface area (Å²) in [5.74, 6) is -0.487. The SMILES string of the molecule is CCOc1ccc(N2CC(C(=O)NC(CC(=O)OC)c3cccs3)CC2=O)cc1. The second kappa shape index (κ2) is 9.56. The molecule has 0 bridgehead atoms. The second-order valence-corrected chi connectivity index (χ2v) is 7.67. The van der Waals surface area contributed by atoms with E-state index in [1.165, 1.54) is 18.4 Å². The van der Waals surface area contributed by atoms with Crippen LogP contribution in [0.1, 0.15) is 30.7 Å². The molecule has 0 saturated carbocycles. The topological polar surface area (TPSA) is 84.9 Å². The number of methoxy groups -OCH3 is 1. The Hall–Kier alpha value is -2.87. The van der Waals surface area contributed by atoms with Gasteiger partial charge < -0.3 is 19.7 Å². The van der Waals surface area contributed by atoms with Crippen LogP contribution in [0, 0.1) is 5.92 Å². The third-order valence-corrected chi connectivity index (χ3v) is 5.74. The quantitative estimate of drug-likeness (QED) is 0.669. The predicted molar refractivity (Wildman–Crippen MR) is 110 cm³/mol. The first kappa shape index (κ1) is 20.9. The minimum absolute atomic E-state index is 0.0476. The first-order chi connectivity index (χ1) is 14.0. The first-order valence-electron chi connectivity index (χ1n) is 9.45.